The van der Waals surface area contributed by atoms with E-state index in [0.29, 0.717) is 16.9 Å². The quantitative estimate of drug-likeness (QED) is 0.803. The van der Waals surface area contributed by atoms with E-state index in [1.807, 2.05) is 0 Å². The molecule has 2 saturated carbocycles. The van der Waals surface area contributed by atoms with Crippen LogP contribution >= 0.6 is 11.6 Å². The molecule has 0 bridgehead atoms. The van der Waals surface area contributed by atoms with E-state index >= 15 is 0 Å². The fraction of sp³-hybridized carbons (Fsp3) is 0.583. The zero-order valence-corrected chi connectivity index (χ0v) is 9.75. The summed E-state index contributed by atoms with van der Waals surface area (Å²) in [6.07, 6.45) is 6.41. The van der Waals surface area contributed by atoms with Gasteiger partial charge in [0.05, 0.1) is 5.02 Å². The second kappa shape index (κ2) is 3.88. The number of aromatic nitrogens is 1. The average Bonchev–Trinajstić information content (AvgIpc) is 3.11. The van der Waals surface area contributed by atoms with Crippen molar-refractivity contribution in [2.45, 2.75) is 31.7 Å². The van der Waals surface area contributed by atoms with Crippen molar-refractivity contribution in [1.82, 2.24) is 4.98 Å². The molecule has 0 aliphatic heterocycles. The van der Waals surface area contributed by atoms with Gasteiger partial charge in [0.25, 0.3) is 0 Å². The van der Waals surface area contributed by atoms with E-state index in [9.17, 15) is 4.39 Å². The average molecular weight is 241 g/mol. The predicted molar refractivity (Wildman–Crippen MR) is 62.3 cm³/mol. The molecular weight excluding hydrogens is 227 g/mol. The first kappa shape index (κ1) is 10.3. The van der Waals surface area contributed by atoms with E-state index < -0.39 is 0 Å². The standard InChI is InChI=1S/C12H14ClFN2/c13-9-5-11(14)12(15-6-9)16(10-3-4-10)7-8-1-2-8/h5-6,8,10H,1-4,7H2. The minimum atomic E-state index is -0.292. The summed E-state index contributed by atoms with van der Waals surface area (Å²) >= 11 is 5.71. The monoisotopic (exact) mass is 240 g/mol. The van der Waals surface area contributed by atoms with Crippen molar-refractivity contribution in [2.75, 3.05) is 11.4 Å². The molecule has 0 aromatic carbocycles. The third kappa shape index (κ3) is 2.14. The van der Waals surface area contributed by atoms with Crippen molar-refractivity contribution in [3.63, 3.8) is 0 Å². The van der Waals surface area contributed by atoms with Crippen LogP contribution in [0.4, 0.5) is 10.2 Å². The smallest absolute Gasteiger partial charge is 0.167 e. The lowest BCUT2D eigenvalue weighted by Gasteiger charge is -2.23. The Bertz CT molecular complexity index is 402. The Hall–Kier alpha value is -0.830. The van der Waals surface area contributed by atoms with Crippen LogP contribution < -0.4 is 4.90 Å². The Balaban J connectivity index is 1.85. The lowest BCUT2D eigenvalue weighted by atomic mass is 10.3. The van der Waals surface area contributed by atoms with E-state index in [-0.39, 0.29) is 5.82 Å². The normalized spacial score (nSPS) is 19.9. The first-order valence-electron chi connectivity index (χ1n) is 5.82. The van der Waals surface area contributed by atoms with Crippen LogP contribution in [0.5, 0.6) is 0 Å². The van der Waals surface area contributed by atoms with Gasteiger partial charge in [-0.1, -0.05) is 11.6 Å². The number of pyridine rings is 1. The third-order valence-corrected chi connectivity index (χ3v) is 3.41. The highest BCUT2D eigenvalue weighted by Gasteiger charge is 2.35. The summed E-state index contributed by atoms with van der Waals surface area (Å²) < 4.78 is 13.8. The maximum absolute atomic E-state index is 13.8. The molecule has 0 amide bonds. The van der Waals surface area contributed by atoms with Gasteiger partial charge in [0.2, 0.25) is 0 Å². The molecule has 16 heavy (non-hydrogen) atoms. The van der Waals surface area contributed by atoms with Crippen LogP contribution in [-0.4, -0.2) is 17.6 Å². The molecule has 0 atom stereocenters. The topological polar surface area (TPSA) is 16.1 Å². The van der Waals surface area contributed by atoms with E-state index in [1.54, 1.807) is 0 Å². The summed E-state index contributed by atoms with van der Waals surface area (Å²) in [6, 6.07) is 1.86. The van der Waals surface area contributed by atoms with Gasteiger partial charge in [-0.15, -0.1) is 0 Å². The summed E-state index contributed by atoms with van der Waals surface area (Å²) in [6.45, 7) is 0.955. The van der Waals surface area contributed by atoms with Crippen molar-refractivity contribution in [3.8, 4) is 0 Å². The largest absolute Gasteiger partial charge is 0.351 e. The molecule has 4 heteroatoms. The molecular formula is C12H14ClFN2. The van der Waals surface area contributed by atoms with Gasteiger partial charge < -0.3 is 4.90 Å². The lowest BCUT2D eigenvalue weighted by Crippen LogP contribution is -2.29. The molecule has 2 nitrogen and oxygen atoms in total. The highest BCUT2D eigenvalue weighted by atomic mass is 35.5. The molecule has 2 aliphatic rings. The fourth-order valence-electron chi connectivity index (χ4n) is 1.99. The van der Waals surface area contributed by atoms with Crippen LogP contribution in [0, 0.1) is 11.7 Å². The van der Waals surface area contributed by atoms with Gasteiger partial charge in [0, 0.05) is 18.8 Å². The number of rotatable bonds is 4. The van der Waals surface area contributed by atoms with Gasteiger partial charge in [-0.2, -0.15) is 0 Å². The Morgan fingerprint density at radius 3 is 2.69 bits per heavy atom. The molecule has 1 aromatic heterocycles. The van der Waals surface area contributed by atoms with Crippen LogP contribution in [0.3, 0.4) is 0 Å². The summed E-state index contributed by atoms with van der Waals surface area (Å²) in [4.78, 5) is 6.27. The van der Waals surface area contributed by atoms with Crippen molar-refractivity contribution >= 4 is 17.4 Å². The van der Waals surface area contributed by atoms with E-state index in [4.69, 9.17) is 11.6 Å². The van der Waals surface area contributed by atoms with E-state index in [0.717, 1.165) is 25.3 Å². The molecule has 86 valence electrons. The van der Waals surface area contributed by atoms with Crippen LogP contribution in [0.25, 0.3) is 0 Å². The number of hydrogen-bond donors (Lipinski definition) is 0. The molecule has 0 saturated heterocycles. The van der Waals surface area contributed by atoms with Gasteiger partial charge in [0.1, 0.15) is 0 Å². The number of nitrogens with zero attached hydrogens (tertiary/aromatic N) is 2. The van der Waals surface area contributed by atoms with Crippen LogP contribution in [0.15, 0.2) is 12.3 Å². The van der Waals surface area contributed by atoms with Gasteiger partial charge >= 0.3 is 0 Å². The molecule has 0 radical (unpaired) electrons. The Kier molecular flexibility index (Phi) is 2.51. The second-order valence-electron chi connectivity index (χ2n) is 4.79. The summed E-state index contributed by atoms with van der Waals surface area (Å²) in [7, 11) is 0. The Morgan fingerprint density at radius 2 is 2.12 bits per heavy atom. The SMILES string of the molecule is Fc1cc(Cl)cnc1N(CC1CC1)C1CC1. The van der Waals surface area contributed by atoms with Crippen molar-refractivity contribution in [2.24, 2.45) is 5.92 Å². The highest BCUT2D eigenvalue weighted by Crippen LogP contribution is 2.37. The van der Waals surface area contributed by atoms with Gasteiger partial charge in [-0.25, -0.2) is 9.37 Å². The molecule has 1 aromatic rings. The summed E-state index contributed by atoms with van der Waals surface area (Å²) in [5, 5.41) is 0.364. The predicted octanol–water partition coefficient (Wildman–Crippen LogP) is 3.25. The zero-order chi connectivity index (χ0) is 11.1. The first-order valence-corrected chi connectivity index (χ1v) is 6.19. The summed E-state index contributed by atoms with van der Waals surface area (Å²) in [5.74, 6) is 0.941. The Morgan fingerprint density at radius 1 is 1.38 bits per heavy atom. The molecule has 0 unspecified atom stereocenters. The first-order chi connectivity index (χ1) is 7.74. The van der Waals surface area contributed by atoms with Crippen LogP contribution in [0.2, 0.25) is 5.02 Å². The van der Waals surface area contributed by atoms with Gasteiger partial charge in [0.15, 0.2) is 11.6 Å². The molecule has 3 rings (SSSR count). The maximum atomic E-state index is 13.8. The molecule has 2 fully saturated rings. The number of anilines is 1. The minimum absolute atomic E-state index is 0.292. The Labute approximate surface area is 99.4 Å². The van der Waals surface area contributed by atoms with Crippen molar-refractivity contribution < 1.29 is 4.39 Å². The van der Waals surface area contributed by atoms with Crippen molar-refractivity contribution in [3.05, 3.63) is 23.1 Å². The van der Waals surface area contributed by atoms with E-state index in [2.05, 4.69) is 9.88 Å². The third-order valence-electron chi connectivity index (χ3n) is 3.20. The van der Waals surface area contributed by atoms with Crippen LogP contribution in [0.1, 0.15) is 25.7 Å². The van der Waals surface area contributed by atoms with Crippen LogP contribution in [-0.2, 0) is 0 Å². The molecule has 2 aliphatic carbocycles. The zero-order valence-electron chi connectivity index (χ0n) is 9.00. The van der Waals surface area contributed by atoms with Gasteiger partial charge in [-0.3, -0.25) is 0 Å². The summed E-state index contributed by atoms with van der Waals surface area (Å²) in [5.41, 5.74) is 0. The highest BCUT2D eigenvalue weighted by molar-refractivity contribution is 6.30. The lowest BCUT2D eigenvalue weighted by molar-refractivity contribution is 0.600. The van der Waals surface area contributed by atoms with Gasteiger partial charge in [-0.05, 0) is 37.7 Å². The number of halogens is 2. The number of hydrogen-bond acceptors (Lipinski definition) is 2. The second-order valence-corrected chi connectivity index (χ2v) is 5.22. The molecule has 0 spiro atoms. The minimum Gasteiger partial charge on any atom is -0.351 e. The van der Waals surface area contributed by atoms with E-state index in [1.165, 1.54) is 25.1 Å². The molecule has 0 N–H and O–H groups in total. The maximum Gasteiger partial charge on any atom is 0.167 e. The molecule has 1 heterocycles. The fourth-order valence-corrected chi connectivity index (χ4v) is 2.14. The van der Waals surface area contributed by atoms with Crippen molar-refractivity contribution in [1.29, 1.82) is 0 Å².